The molecular formula is C18H20ClN3O3S. The fourth-order valence-corrected chi connectivity index (χ4v) is 4.77. The number of rotatable bonds is 4. The zero-order chi connectivity index (χ0) is 18.0. The van der Waals surface area contributed by atoms with Gasteiger partial charge in [-0.25, -0.2) is 8.42 Å². The molecule has 0 radical (unpaired) electrons. The monoisotopic (exact) mass is 393 g/mol. The first kappa shape index (κ1) is 20.2. The van der Waals surface area contributed by atoms with E-state index < -0.39 is 10.0 Å². The fourth-order valence-electron chi connectivity index (χ4n) is 3.13. The number of ether oxygens (including phenoxy) is 1. The lowest BCUT2D eigenvalue weighted by Gasteiger charge is -2.18. The molecule has 0 aromatic heterocycles. The van der Waals surface area contributed by atoms with Crippen LogP contribution in [0.25, 0.3) is 0 Å². The highest BCUT2D eigenvalue weighted by Gasteiger charge is 2.39. The number of sulfonamides is 1. The minimum absolute atomic E-state index is 0. The number of hydrogen-bond acceptors (Lipinski definition) is 5. The van der Waals surface area contributed by atoms with Gasteiger partial charge in [0.05, 0.1) is 18.7 Å². The Morgan fingerprint density at radius 2 is 1.88 bits per heavy atom. The first-order chi connectivity index (χ1) is 12.0. The van der Waals surface area contributed by atoms with Gasteiger partial charge in [0.25, 0.3) is 0 Å². The third-order valence-electron chi connectivity index (χ3n) is 4.47. The summed E-state index contributed by atoms with van der Waals surface area (Å²) in [5.41, 5.74) is 7.58. The van der Waals surface area contributed by atoms with E-state index in [4.69, 9.17) is 15.7 Å². The van der Waals surface area contributed by atoms with Crippen molar-refractivity contribution in [3.8, 4) is 11.8 Å². The van der Waals surface area contributed by atoms with Crippen LogP contribution < -0.4 is 10.5 Å². The molecule has 2 aromatic rings. The molecule has 6 nitrogen and oxygen atoms in total. The first-order valence-corrected chi connectivity index (χ1v) is 9.30. The van der Waals surface area contributed by atoms with Crippen LogP contribution in [0.3, 0.4) is 0 Å². The van der Waals surface area contributed by atoms with Crippen molar-refractivity contribution in [3.05, 3.63) is 59.7 Å². The molecule has 0 saturated carbocycles. The largest absolute Gasteiger partial charge is 0.495 e. The number of methoxy groups -OCH3 is 1. The van der Waals surface area contributed by atoms with E-state index in [-0.39, 0.29) is 41.6 Å². The SMILES string of the molecule is COc1cc(C#N)ccc1S(=O)(=O)N1C[C@@H](N)[C@H](c2ccccc2)C1.Cl. The number of hydrogen-bond donors (Lipinski definition) is 1. The van der Waals surface area contributed by atoms with Gasteiger partial charge >= 0.3 is 0 Å². The van der Waals surface area contributed by atoms with Crippen molar-refractivity contribution >= 4 is 22.4 Å². The summed E-state index contributed by atoms with van der Waals surface area (Å²) in [6, 6.07) is 15.7. The Hall–Kier alpha value is -2.11. The smallest absolute Gasteiger partial charge is 0.246 e. The highest BCUT2D eigenvalue weighted by molar-refractivity contribution is 7.89. The van der Waals surface area contributed by atoms with E-state index in [1.807, 2.05) is 36.4 Å². The molecule has 2 N–H and O–H groups in total. The summed E-state index contributed by atoms with van der Waals surface area (Å²) in [5.74, 6) is 0.108. The Morgan fingerprint density at radius 1 is 1.19 bits per heavy atom. The molecule has 0 aliphatic carbocycles. The number of nitrogens with zero attached hydrogens (tertiary/aromatic N) is 2. The average Bonchev–Trinajstić information content (AvgIpc) is 3.04. The lowest BCUT2D eigenvalue weighted by atomic mass is 9.95. The van der Waals surface area contributed by atoms with Crippen LogP contribution in [-0.4, -0.2) is 39.0 Å². The molecule has 0 bridgehead atoms. The third kappa shape index (κ3) is 3.69. The molecule has 1 aliphatic heterocycles. The molecule has 0 unspecified atom stereocenters. The van der Waals surface area contributed by atoms with Crippen LogP contribution in [0.2, 0.25) is 0 Å². The Kier molecular flexibility index (Phi) is 6.26. The van der Waals surface area contributed by atoms with Crippen molar-refractivity contribution < 1.29 is 13.2 Å². The molecule has 2 aromatic carbocycles. The van der Waals surface area contributed by atoms with Crippen LogP contribution in [0.5, 0.6) is 5.75 Å². The van der Waals surface area contributed by atoms with Gasteiger partial charge in [-0.15, -0.1) is 12.4 Å². The summed E-state index contributed by atoms with van der Waals surface area (Å²) in [6.07, 6.45) is 0. The summed E-state index contributed by atoms with van der Waals surface area (Å²) in [6.45, 7) is 0.557. The van der Waals surface area contributed by atoms with Crippen LogP contribution in [0.15, 0.2) is 53.4 Å². The summed E-state index contributed by atoms with van der Waals surface area (Å²) >= 11 is 0. The Labute approximate surface area is 159 Å². The topological polar surface area (TPSA) is 96.4 Å². The lowest BCUT2D eigenvalue weighted by molar-refractivity contribution is 0.397. The van der Waals surface area contributed by atoms with Crippen molar-refractivity contribution in [1.29, 1.82) is 5.26 Å². The minimum atomic E-state index is -3.76. The van der Waals surface area contributed by atoms with E-state index >= 15 is 0 Å². The maximum absolute atomic E-state index is 13.0. The minimum Gasteiger partial charge on any atom is -0.495 e. The first-order valence-electron chi connectivity index (χ1n) is 7.86. The molecule has 0 amide bonds. The predicted octanol–water partition coefficient (Wildman–Crippen LogP) is 2.10. The molecule has 1 fully saturated rings. The van der Waals surface area contributed by atoms with Gasteiger partial charge in [0, 0.05) is 25.0 Å². The van der Waals surface area contributed by atoms with Gasteiger partial charge in [0.2, 0.25) is 10.0 Å². The number of nitrogens with two attached hydrogens (primary N) is 1. The van der Waals surface area contributed by atoms with Crippen LogP contribution >= 0.6 is 12.4 Å². The van der Waals surface area contributed by atoms with E-state index in [9.17, 15) is 8.42 Å². The molecule has 2 atom stereocenters. The third-order valence-corrected chi connectivity index (χ3v) is 6.34. The summed E-state index contributed by atoms with van der Waals surface area (Å²) in [7, 11) is -2.37. The van der Waals surface area contributed by atoms with E-state index in [0.717, 1.165) is 5.56 Å². The highest BCUT2D eigenvalue weighted by Crippen LogP contribution is 2.33. The number of halogens is 1. The molecule has 0 spiro atoms. The Bertz CT molecular complexity index is 913. The second-order valence-electron chi connectivity index (χ2n) is 5.98. The molecule has 1 saturated heterocycles. The second kappa shape index (κ2) is 8.06. The fraction of sp³-hybridized carbons (Fsp3) is 0.278. The summed E-state index contributed by atoms with van der Waals surface area (Å²) < 4.78 is 32.7. The summed E-state index contributed by atoms with van der Waals surface area (Å²) in [4.78, 5) is 0.0508. The van der Waals surface area contributed by atoms with E-state index in [0.29, 0.717) is 12.1 Å². The van der Waals surface area contributed by atoms with Crippen LogP contribution in [0.1, 0.15) is 17.0 Å². The standard InChI is InChI=1S/C18H19N3O3S.ClH/c1-24-17-9-13(10-19)7-8-18(17)25(22,23)21-11-15(16(20)12-21)14-5-3-2-4-6-14;/h2-9,15-16H,11-12,20H2,1H3;1H/t15-,16+;/m0./s1. The van der Waals surface area contributed by atoms with Crippen molar-refractivity contribution in [3.63, 3.8) is 0 Å². The van der Waals surface area contributed by atoms with E-state index in [1.54, 1.807) is 0 Å². The lowest BCUT2D eigenvalue weighted by Crippen LogP contribution is -2.32. The maximum Gasteiger partial charge on any atom is 0.246 e. The van der Waals surface area contributed by atoms with Gasteiger partial charge in [0.15, 0.2) is 0 Å². The Balaban J connectivity index is 0.00000243. The molecular weight excluding hydrogens is 374 g/mol. The highest BCUT2D eigenvalue weighted by atomic mass is 35.5. The zero-order valence-corrected chi connectivity index (χ0v) is 15.8. The van der Waals surface area contributed by atoms with Gasteiger partial charge in [-0.05, 0) is 23.8 Å². The van der Waals surface area contributed by atoms with Gasteiger partial charge in [-0.2, -0.15) is 9.57 Å². The van der Waals surface area contributed by atoms with Crippen molar-refractivity contribution in [1.82, 2.24) is 4.31 Å². The quantitative estimate of drug-likeness (QED) is 0.858. The van der Waals surface area contributed by atoms with Crippen LogP contribution in [0.4, 0.5) is 0 Å². The van der Waals surface area contributed by atoms with Gasteiger partial charge in [0.1, 0.15) is 10.6 Å². The summed E-state index contributed by atoms with van der Waals surface area (Å²) in [5, 5.41) is 8.98. The van der Waals surface area contributed by atoms with Crippen molar-refractivity contribution in [2.24, 2.45) is 5.73 Å². The molecule has 26 heavy (non-hydrogen) atoms. The predicted molar refractivity (Wildman–Crippen MR) is 101 cm³/mol. The molecule has 3 rings (SSSR count). The molecule has 1 heterocycles. The maximum atomic E-state index is 13.0. The Morgan fingerprint density at radius 3 is 2.50 bits per heavy atom. The van der Waals surface area contributed by atoms with Gasteiger partial charge in [-0.1, -0.05) is 30.3 Å². The van der Waals surface area contributed by atoms with Gasteiger partial charge in [-0.3, -0.25) is 0 Å². The van der Waals surface area contributed by atoms with Gasteiger partial charge < -0.3 is 10.5 Å². The van der Waals surface area contributed by atoms with E-state index in [1.165, 1.54) is 29.6 Å². The van der Waals surface area contributed by atoms with E-state index in [2.05, 4.69) is 0 Å². The van der Waals surface area contributed by atoms with Crippen LogP contribution in [0, 0.1) is 11.3 Å². The normalized spacial score (nSPS) is 20.2. The number of benzene rings is 2. The number of nitriles is 1. The van der Waals surface area contributed by atoms with Crippen LogP contribution in [-0.2, 0) is 10.0 Å². The average molecular weight is 394 g/mol. The van der Waals surface area contributed by atoms with Crippen molar-refractivity contribution in [2.75, 3.05) is 20.2 Å². The molecule has 1 aliphatic rings. The second-order valence-corrected chi connectivity index (χ2v) is 7.89. The van der Waals surface area contributed by atoms with Crippen molar-refractivity contribution in [2.45, 2.75) is 16.9 Å². The zero-order valence-electron chi connectivity index (χ0n) is 14.2. The molecule has 138 valence electrons. The molecule has 8 heteroatoms.